The van der Waals surface area contributed by atoms with Crippen molar-refractivity contribution in [2.75, 3.05) is 5.73 Å². The molecule has 1 aliphatic heterocycles. The molecule has 0 amide bonds. The molecule has 2 unspecified atom stereocenters. The van der Waals surface area contributed by atoms with Crippen molar-refractivity contribution in [3.05, 3.63) is 64.2 Å². The average molecular weight is 358 g/mol. The standard InChI is InChI=1S/C18H20ClN5O/c1-12-8-14(6-7-17(12)20)10-23-18(11-25)24(22-21-23)13(2)15-4-3-5-16(19)9-15/h3-9,11,13,18H,10,20H2,1-2H3. The Morgan fingerprint density at radius 2 is 2.08 bits per heavy atom. The number of halogens is 1. The summed E-state index contributed by atoms with van der Waals surface area (Å²) in [6.07, 6.45) is 0.289. The summed E-state index contributed by atoms with van der Waals surface area (Å²) in [5.74, 6) is 0. The zero-order chi connectivity index (χ0) is 18.0. The molecule has 25 heavy (non-hydrogen) atoms. The molecule has 0 aliphatic carbocycles. The lowest BCUT2D eigenvalue weighted by molar-refractivity contribution is -0.117. The van der Waals surface area contributed by atoms with E-state index in [9.17, 15) is 4.79 Å². The molecule has 0 bridgehead atoms. The molecular formula is C18H20ClN5O. The maximum Gasteiger partial charge on any atom is 0.194 e. The van der Waals surface area contributed by atoms with Gasteiger partial charge in [-0.05, 0) is 48.7 Å². The van der Waals surface area contributed by atoms with E-state index in [1.165, 1.54) is 0 Å². The number of aldehydes is 1. The Kier molecular flexibility index (Phi) is 4.90. The van der Waals surface area contributed by atoms with Crippen LogP contribution in [-0.4, -0.2) is 22.5 Å². The van der Waals surface area contributed by atoms with Gasteiger partial charge in [-0.25, -0.2) is 10.0 Å². The lowest BCUT2D eigenvalue weighted by Gasteiger charge is -2.28. The van der Waals surface area contributed by atoms with Crippen molar-refractivity contribution < 1.29 is 4.79 Å². The minimum absolute atomic E-state index is 0.129. The average Bonchev–Trinajstić information content (AvgIpc) is 3.00. The Bertz CT molecular complexity index is 810. The van der Waals surface area contributed by atoms with Crippen LogP contribution in [0, 0.1) is 6.92 Å². The number of rotatable bonds is 5. The van der Waals surface area contributed by atoms with E-state index in [4.69, 9.17) is 17.3 Å². The van der Waals surface area contributed by atoms with Crippen molar-refractivity contribution in [1.82, 2.24) is 10.0 Å². The predicted octanol–water partition coefficient (Wildman–Crippen LogP) is 3.92. The highest BCUT2D eigenvalue weighted by Gasteiger charge is 2.33. The maximum absolute atomic E-state index is 11.7. The number of benzene rings is 2. The van der Waals surface area contributed by atoms with Gasteiger partial charge in [-0.2, -0.15) is 0 Å². The Labute approximate surface area is 151 Å². The summed E-state index contributed by atoms with van der Waals surface area (Å²) in [7, 11) is 0. The van der Waals surface area contributed by atoms with Crippen molar-refractivity contribution in [3.8, 4) is 0 Å². The summed E-state index contributed by atoms with van der Waals surface area (Å²) in [6.45, 7) is 4.40. The second-order valence-corrected chi connectivity index (χ2v) is 6.56. The van der Waals surface area contributed by atoms with E-state index in [1.54, 1.807) is 10.0 Å². The predicted molar refractivity (Wildman–Crippen MR) is 97.5 cm³/mol. The summed E-state index contributed by atoms with van der Waals surface area (Å²) >= 11 is 6.07. The van der Waals surface area contributed by atoms with E-state index in [-0.39, 0.29) is 6.04 Å². The van der Waals surface area contributed by atoms with Crippen LogP contribution in [0.2, 0.25) is 5.02 Å². The zero-order valence-electron chi connectivity index (χ0n) is 14.1. The number of anilines is 1. The molecule has 0 aromatic heterocycles. The van der Waals surface area contributed by atoms with Gasteiger partial charge in [0.2, 0.25) is 0 Å². The largest absolute Gasteiger partial charge is 0.399 e. The van der Waals surface area contributed by atoms with Crippen molar-refractivity contribution in [1.29, 1.82) is 0 Å². The van der Waals surface area contributed by atoms with Crippen LogP contribution in [0.1, 0.15) is 29.7 Å². The molecule has 2 aromatic rings. The van der Waals surface area contributed by atoms with Crippen LogP contribution in [0.15, 0.2) is 52.9 Å². The molecule has 1 aliphatic rings. The topological polar surface area (TPSA) is 74.3 Å². The van der Waals surface area contributed by atoms with Crippen LogP contribution in [0.4, 0.5) is 5.69 Å². The van der Waals surface area contributed by atoms with Gasteiger partial charge in [0, 0.05) is 10.7 Å². The Morgan fingerprint density at radius 1 is 1.28 bits per heavy atom. The first-order valence-electron chi connectivity index (χ1n) is 8.02. The maximum atomic E-state index is 11.7. The smallest absolute Gasteiger partial charge is 0.194 e. The molecule has 2 atom stereocenters. The first-order valence-corrected chi connectivity index (χ1v) is 8.39. The monoisotopic (exact) mass is 357 g/mol. The van der Waals surface area contributed by atoms with Gasteiger partial charge >= 0.3 is 0 Å². The van der Waals surface area contributed by atoms with E-state index in [1.807, 2.05) is 56.3 Å². The number of carbonyl (C=O) groups is 1. The van der Waals surface area contributed by atoms with Crippen LogP contribution in [0.3, 0.4) is 0 Å². The highest BCUT2D eigenvalue weighted by Crippen LogP contribution is 2.30. The van der Waals surface area contributed by atoms with Gasteiger partial charge in [-0.15, -0.1) is 0 Å². The highest BCUT2D eigenvalue weighted by molar-refractivity contribution is 6.30. The second-order valence-electron chi connectivity index (χ2n) is 6.13. The van der Waals surface area contributed by atoms with Gasteiger partial charge in [-0.1, -0.05) is 46.3 Å². The van der Waals surface area contributed by atoms with E-state index in [0.717, 1.165) is 28.7 Å². The minimum Gasteiger partial charge on any atom is -0.399 e. The first-order chi connectivity index (χ1) is 12.0. The number of hydrogen-bond donors (Lipinski definition) is 1. The van der Waals surface area contributed by atoms with Gasteiger partial charge in [0.25, 0.3) is 0 Å². The lowest BCUT2D eigenvalue weighted by atomic mass is 10.1. The number of hydrogen-bond acceptors (Lipinski definition) is 6. The van der Waals surface area contributed by atoms with E-state index >= 15 is 0 Å². The van der Waals surface area contributed by atoms with Crippen molar-refractivity contribution in [2.45, 2.75) is 32.6 Å². The van der Waals surface area contributed by atoms with Crippen LogP contribution in [0.25, 0.3) is 0 Å². The molecule has 3 rings (SSSR count). The number of carbonyl (C=O) groups excluding carboxylic acids is 1. The third-order valence-electron chi connectivity index (χ3n) is 4.36. The second kappa shape index (κ2) is 7.11. The molecule has 1 heterocycles. The van der Waals surface area contributed by atoms with Gasteiger partial charge in [0.1, 0.15) is 0 Å². The lowest BCUT2D eigenvalue weighted by Crippen LogP contribution is -2.40. The molecule has 0 fully saturated rings. The normalized spacial score (nSPS) is 17.8. The van der Waals surface area contributed by atoms with Gasteiger partial charge in [-0.3, -0.25) is 4.79 Å². The molecule has 7 heteroatoms. The van der Waals surface area contributed by atoms with Crippen LogP contribution in [-0.2, 0) is 11.3 Å². The molecule has 2 N–H and O–H groups in total. The highest BCUT2D eigenvalue weighted by atomic mass is 35.5. The third kappa shape index (κ3) is 3.58. The van der Waals surface area contributed by atoms with Crippen molar-refractivity contribution >= 4 is 23.6 Å². The SMILES string of the molecule is Cc1cc(CN2N=NN(C(C)c3cccc(Cl)c3)C2C=O)ccc1N. The summed E-state index contributed by atoms with van der Waals surface area (Å²) in [4.78, 5) is 11.7. The van der Waals surface area contributed by atoms with Crippen molar-refractivity contribution in [3.63, 3.8) is 0 Å². The molecule has 6 nitrogen and oxygen atoms in total. The molecular weight excluding hydrogens is 338 g/mol. The Hall–Kier alpha value is -2.60. The van der Waals surface area contributed by atoms with Crippen LogP contribution >= 0.6 is 11.6 Å². The summed E-state index contributed by atoms with van der Waals surface area (Å²) in [5, 5.41) is 12.4. The number of nitrogens with zero attached hydrogens (tertiary/aromatic N) is 4. The van der Waals surface area contributed by atoms with Crippen LogP contribution in [0.5, 0.6) is 0 Å². The molecule has 130 valence electrons. The minimum atomic E-state index is -0.563. The molecule has 2 aromatic carbocycles. The van der Waals surface area contributed by atoms with E-state index in [0.29, 0.717) is 11.6 Å². The van der Waals surface area contributed by atoms with Crippen molar-refractivity contribution in [2.24, 2.45) is 10.4 Å². The van der Waals surface area contributed by atoms with E-state index in [2.05, 4.69) is 10.4 Å². The Morgan fingerprint density at radius 3 is 2.76 bits per heavy atom. The summed E-state index contributed by atoms with van der Waals surface area (Å²) in [5.41, 5.74) is 9.60. The zero-order valence-corrected chi connectivity index (χ0v) is 14.9. The number of aryl methyl sites for hydroxylation is 1. The number of nitrogens with two attached hydrogens (primary N) is 1. The number of nitrogen functional groups attached to an aromatic ring is 1. The fourth-order valence-corrected chi connectivity index (χ4v) is 3.05. The van der Waals surface area contributed by atoms with Gasteiger partial charge in [0.15, 0.2) is 12.5 Å². The molecule has 0 saturated heterocycles. The van der Waals surface area contributed by atoms with E-state index < -0.39 is 6.17 Å². The van der Waals surface area contributed by atoms with Gasteiger partial charge < -0.3 is 5.73 Å². The third-order valence-corrected chi connectivity index (χ3v) is 4.60. The Balaban J connectivity index is 1.77. The summed E-state index contributed by atoms with van der Waals surface area (Å²) in [6, 6.07) is 13.2. The molecule has 0 saturated carbocycles. The first kappa shape index (κ1) is 17.2. The fraction of sp³-hybridized carbons (Fsp3) is 0.278. The summed E-state index contributed by atoms with van der Waals surface area (Å²) < 4.78 is 0. The molecule has 0 radical (unpaired) electrons. The van der Waals surface area contributed by atoms with Crippen LogP contribution < -0.4 is 5.73 Å². The fourth-order valence-electron chi connectivity index (χ4n) is 2.85. The quantitative estimate of drug-likeness (QED) is 0.650. The molecule has 0 spiro atoms. The van der Waals surface area contributed by atoms with Gasteiger partial charge in [0.05, 0.1) is 12.6 Å².